The summed E-state index contributed by atoms with van der Waals surface area (Å²) in [6.45, 7) is 6.84. The molecule has 0 aromatic rings. The van der Waals surface area contributed by atoms with Crippen molar-refractivity contribution in [1.82, 2.24) is 0 Å². The second-order valence-corrected chi connectivity index (χ2v) is 5.60. The first kappa shape index (κ1) is 22.7. The van der Waals surface area contributed by atoms with Gasteiger partial charge in [0.05, 0.1) is 6.61 Å². The average Bonchev–Trinajstić information content (AvgIpc) is 2.47. The highest BCUT2D eigenvalue weighted by atomic mass is 16.5. The van der Waals surface area contributed by atoms with Crippen LogP contribution in [0, 0.1) is 0 Å². The highest BCUT2D eigenvalue weighted by Crippen LogP contribution is 2.05. The molecule has 0 aromatic carbocycles. The quantitative estimate of drug-likeness (QED) is 0.373. The van der Waals surface area contributed by atoms with Gasteiger partial charge in [-0.2, -0.15) is 0 Å². The Hall–Kier alpha value is -0.570. The van der Waals surface area contributed by atoms with E-state index in [1.54, 1.807) is 0 Å². The minimum atomic E-state index is -0.163. The summed E-state index contributed by atoms with van der Waals surface area (Å²) >= 11 is 0. The summed E-state index contributed by atoms with van der Waals surface area (Å²) in [6, 6.07) is 0. The zero-order valence-electron chi connectivity index (χ0n) is 14.7. The lowest BCUT2D eigenvalue weighted by atomic mass is 10.1. The van der Waals surface area contributed by atoms with Crippen LogP contribution in [0.3, 0.4) is 0 Å². The van der Waals surface area contributed by atoms with Crippen molar-refractivity contribution in [3.05, 3.63) is 0 Å². The molecular formula is C18H38O3. The maximum absolute atomic E-state index is 10.4. The van der Waals surface area contributed by atoms with E-state index in [0.717, 1.165) is 12.8 Å². The molecule has 0 heterocycles. The van der Waals surface area contributed by atoms with E-state index < -0.39 is 0 Å². The number of unbranched alkanes of at least 4 members (excludes halogenated alkanes) is 10. The minimum Gasteiger partial charge on any atom is -0.466 e. The van der Waals surface area contributed by atoms with Crippen LogP contribution in [0.5, 0.6) is 0 Å². The summed E-state index contributed by atoms with van der Waals surface area (Å²) in [6.07, 6.45) is 14.9. The van der Waals surface area contributed by atoms with E-state index in [4.69, 9.17) is 9.84 Å². The third-order valence-electron chi connectivity index (χ3n) is 3.31. The van der Waals surface area contributed by atoms with Gasteiger partial charge in [0.25, 0.3) is 0 Å². The second kappa shape index (κ2) is 21.7. The monoisotopic (exact) mass is 302 g/mol. The summed E-state index contributed by atoms with van der Waals surface area (Å²) in [4.78, 5) is 10.4. The lowest BCUT2D eigenvalue weighted by molar-refractivity contribution is -0.141. The molecule has 0 aliphatic rings. The first-order valence-corrected chi connectivity index (χ1v) is 8.93. The Balaban J connectivity index is 0. The summed E-state index contributed by atoms with van der Waals surface area (Å²) in [5.74, 6) is -0.163. The second-order valence-electron chi connectivity index (χ2n) is 5.60. The molecule has 0 fully saturated rings. The number of rotatable bonds is 13. The lowest BCUT2D eigenvalue weighted by Crippen LogP contribution is -1.99. The van der Waals surface area contributed by atoms with Crippen molar-refractivity contribution in [2.45, 2.75) is 97.8 Å². The van der Waals surface area contributed by atoms with Crippen molar-refractivity contribution in [3.63, 3.8) is 0 Å². The van der Waals surface area contributed by atoms with Gasteiger partial charge in [0.15, 0.2) is 0 Å². The van der Waals surface area contributed by atoms with Gasteiger partial charge < -0.3 is 9.84 Å². The Morgan fingerprint density at radius 1 is 0.762 bits per heavy atom. The summed E-state index contributed by atoms with van der Waals surface area (Å²) in [5, 5.41) is 8.42. The van der Waals surface area contributed by atoms with Gasteiger partial charge >= 0.3 is 5.97 Å². The zero-order chi connectivity index (χ0) is 16.2. The molecule has 1 N–H and O–H groups in total. The molecule has 0 amide bonds. The Kier molecular flexibility index (Phi) is 23.5. The molecule has 0 saturated heterocycles. The molecule has 0 aliphatic heterocycles. The Labute approximate surface area is 132 Å². The molecule has 0 unspecified atom stereocenters. The topological polar surface area (TPSA) is 46.5 Å². The van der Waals surface area contributed by atoms with Crippen LogP contribution in [0.1, 0.15) is 97.8 Å². The molecule has 0 bridgehead atoms. The first-order valence-electron chi connectivity index (χ1n) is 8.93. The number of carbonyl (C=O) groups excluding carboxylic acids is 1. The fourth-order valence-electron chi connectivity index (χ4n) is 1.99. The number of aliphatic hydroxyl groups is 1. The smallest absolute Gasteiger partial charge is 0.302 e. The normalized spacial score (nSPS) is 9.90. The molecule has 3 heteroatoms. The first-order chi connectivity index (χ1) is 10.2. The standard InChI is InChI=1S/C10H20O2.C8H18O/c1-3-4-5-6-7-8-9-12-10(2)11;1-2-3-4-5-6-7-8-9/h3-9H2,1-2H3;9H,2-8H2,1H3. The van der Waals surface area contributed by atoms with E-state index in [0.29, 0.717) is 13.2 Å². The molecule has 128 valence electrons. The Morgan fingerprint density at radius 3 is 1.62 bits per heavy atom. The van der Waals surface area contributed by atoms with Crippen LogP contribution in [-0.4, -0.2) is 24.3 Å². The van der Waals surface area contributed by atoms with Crippen molar-refractivity contribution < 1.29 is 14.6 Å². The molecule has 0 aliphatic carbocycles. The fraction of sp³-hybridized carbons (Fsp3) is 0.944. The van der Waals surface area contributed by atoms with Gasteiger partial charge in [-0.05, 0) is 12.8 Å². The molecule has 21 heavy (non-hydrogen) atoms. The molecule has 0 spiro atoms. The highest BCUT2D eigenvalue weighted by molar-refractivity contribution is 5.65. The van der Waals surface area contributed by atoms with E-state index in [-0.39, 0.29) is 5.97 Å². The summed E-state index contributed by atoms with van der Waals surface area (Å²) in [7, 11) is 0. The van der Waals surface area contributed by atoms with E-state index in [2.05, 4.69) is 13.8 Å². The average molecular weight is 302 g/mol. The van der Waals surface area contributed by atoms with Crippen LogP contribution in [0.4, 0.5) is 0 Å². The van der Waals surface area contributed by atoms with Crippen molar-refractivity contribution in [2.24, 2.45) is 0 Å². The number of esters is 1. The van der Waals surface area contributed by atoms with Crippen LogP contribution in [0.25, 0.3) is 0 Å². The van der Waals surface area contributed by atoms with E-state index in [1.807, 2.05) is 0 Å². The zero-order valence-corrected chi connectivity index (χ0v) is 14.7. The van der Waals surface area contributed by atoms with Gasteiger partial charge in [-0.25, -0.2) is 0 Å². The van der Waals surface area contributed by atoms with Crippen LogP contribution in [-0.2, 0) is 9.53 Å². The molecule has 0 rings (SSSR count). The Bertz CT molecular complexity index is 187. The van der Waals surface area contributed by atoms with Crippen LogP contribution in [0.15, 0.2) is 0 Å². The number of hydrogen-bond acceptors (Lipinski definition) is 3. The molecule has 3 nitrogen and oxygen atoms in total. The molecule has 0 radical (unpaired) electrons. The van der Waals surface area contributed by atoms with Crippen LogP contribution < -0.4 is 0 Å². The largest absolute Gasteiger partial charge is 0.466 e. The van der Waals surface area contributed by atoms with E-state index >= 15 is 0 Å². The van der Waals surface area contributed by atoms with E-state index in [9.17, 15) is 4.79 Å². The van der Waals surface area contributed by atoms with Gasteiger partial charge in [-0.3, -0.25) is 4.79 Å². The van der Waals surface area contributed by atoms with Crippen molar-refractivity contribution in [2.75, 3.05) is 13.2 Å². The predicted octanol–water partition coefficient (Wildman–Crippen LogP) is 5.25. The number of hydrogen-bond donors (Lipinski definition) is 1. The van der Waals surface area contributed by atoms with Gasteiger partial charge in [0.2, 0.25) is 0 Å². The van der Waals surface area contributed by atoms with Crippen LogP contribution in [0.2, 0.25) is 0 Å². The van der Waals surface area contributed by atoms with Crippen molar-refractivity contribution in [1.29, 1.82) is 0 Å². The number of aliphatic hydroxyl groups excluding tert-OH is 1. The third kappa shape index (κ3) is 28.3. The molecular weight excluding hydrogens is 264 g/mol. The lowest BCUT2D eigenvalue weighted by Gasteiger charge is -2.01. The predicted molar refractivity (Wildman–Crippen MR) is 90.5 cm³/mol. The number of ether oxygens (including phenoxy) is 1. The van der Waals surface area contributed by atoms with E-state index in [1.165, 1.54) is 71.1 Å². The van der Waals surface area contributed by atoms with Gasteiger partial charge in [-0.15, -0.1) is 0 Å². The van der Waals surface area contributed by atoms with Gasteiger partial charge in [0.1, 0.15) is 0 Å². The third-order valence-corrected chi connectivity index (χ3v) is 3.31. The summed E-state index contributed by atoms with van der Waals surface area (Å²) < 4.78 is 4.81. The maximum atomic E-state index is 10.4. The fourth-order valence-corrected chi connectivity index (χ4v) is 1.99. The SMILES string of the molecule is CCCCCCCCO.CCCCCCCCOC(C)=O. The number of carbonyl (C=O) groups is 1. The Morgan fingerprint density at radius 2 is 1.19 bits per heavy atom. The van der Waals surface area contributed by atoms with Gasteiger partial charge in [-0.1, -0.05) is 78.1 Å². The van der Waals surface area contributed by atoms with Crippen molar-refractivity contribution in [3.8, 4) is 0 Å². The van der Waals surface area contributed by atoms with Gasteiger partial charge in [0, 0.05) is 13.5 Å². The molecule has 0 aromatic heterocycles. The molecule has 0 atom stereocenters. The summed E-state index contributed by atoms with van der Waals surface area (Å²) in [5.41, 5.74) is 0. The minimum absolute atomic E-state index is 0.163. The maximum Gasteiger partial charge on any atom is 0.302 e. The molecule has 0 saturated carbocycles. The van der Waals surface area contributed by atoms with Crippen LogP contribution >= 0.6 is 0 Å². The highest BCUT2D eigenvalue weighted by Gasteiger charge is 1.92. The van der Waals surface area contributed by atoms with Crippen molar-refractivity contribution >= 4 is 5.97 Å².